The fraction of sp³-hybridized carbons (Fsp3) is 0.105. The van der Waals surface area contributed by atoms with Gasteiger partial charge in [-0.1, -0.05) is 6.07 Å². The van der Waals surface area contributed by atoms with Gasteiger partial charge in [0, 0.05) is 17.2 Å². The lowest BCUT2D eigenvalue weighted by molar-refractivity contribution is 0.102. The topological polar surface area (TPSA) is 122 Å². The van der Waals surface area contributed by atoms with E-state index in [1.165, 1.54) is 50.9 Å². The Morgan fingerprint density at radius 3 is 2.24 bits per heavy atom. The van der Waals surface area contributed by atoms with Crippen molar-refractivity contribution in [1.82, 2.24) is 9.97 Å². The summed E-state index contributed by atoms with van der Waals surface area (Å²) in [7, 11) is -0.991. The van der Waals surface area contributed by atoms with Gasteiger partial charge in [-0.05, 0) is 54.9 Å². The fourth-order valence-corrected chi connectivity index (χ4v) is 3.28. The van der Waals surface area contributed by atoms with Crippen LogP contribution in [0, 0.1) is 0 Å². The molecular weight excluding hydrogens is 396 g/mol. The SMILES string of the molecule is COc1ccc(C(=O)Nc2ccc(S(=O)(=O)[N-]c3ncccn3)cc2)cc1OC. The average molecular weight is 413 g/mol. The van der Waals surface area contributed by atoms with Crippen LogP contribution in [0.1, 0.15) is 10.4 Å². The molecule has 0 aliphatic carbocycles. The van der Waals surface area contributed by atoms with Crippen LogP contribution in [-0.4, -0.2) is 38.5 Å². The molecule has 2 aromatic carbocycles. The summed E-state index contributed by atoms with van der Waals surface area (Å²) in [5.41, 5.74) is 0.773. The number of ether oxygens (including phenoxy) is 2. The van der Waals surface area contributed by atoms with Crippen LogP contribution in [0.15, 0.2) is 65.8 Å². The number of amides is 1. The number of rotatable bonds is 7. The number of aromatic nitrogens is 2. The van der Waals surface area contributed by atoms with Crippen molar-refractivity contribution < 1.29 is 22.7 Å². The first-order chi connectivity index (χ1) is 13.9. The molecular formula is C19H17N4O5S-. The van der Waals surface area contributed by atoms with E-state index >= 15 is 0 Å². The standard InChI is InChI=1S/C19H18N4O5S/c1-27-16-9-4-13(12-17(16)28-2)18(24)22-14-5-7-15(8-6-14)29(25,26)23-19-20-10-3-11-21-19/h3-12H,1-2H3,(H2,20,21,22,23,24)/p-1. The van der Waals surface area contributed by atoms with Gasteiger partial charge < -0.3 is 24.8 Å². The van der Waals surface area contributed by atoms with Crippen molar-refractivity contribution in [2.45, 2.75) is 4.90 Å². The van der Waals surface area contributed by atoms with Crippen LogP contribution < -0.4 is 14.8 Å². The summed E-state index contributed by atoms with van der Waals surface area (Å²) in [5, 5.41) is 2.69. The number of nitrogens with zero attached hydrogens (tertiary/aromatic N) is 3. The van der Waals surface area contributed by atoms with Crippen LogP contribution in [0.25, 0.3) is 4.72 Å². The Labute approximate surface area is 167 Å². The van der Waals surface area contributed by atoms with E-state index in [0.29, 0.717) is 22.7 Å². The first-order valence-corrected chi connectivity index (χ1v) is 9.75. The maximum absolute atomic E-state index is 12.4. The molecule has 1 amide bonds. The Hall–Kier alpha value is -3.66. The Bertz CT molecular complexity index is 1100. The third kappa shape index (κ3) is 4.79. The lowest BCUT2D eigenvalue weighted by Crippen LogP contribution is -2.12. The zero-order chi connectivity index (χ0) is 20.9. The van der Waals surface area contributed by atoms with Gasteiger partial charge in [0.15, 0.2) is 11.5 Å². The third-order valence-corrected chi connectivity index (χ3v) is 5.08. The van der Waals surface area contributed by atoms with E-state index < -0.39 is 10.0 Å². The average Bonchev–Trinajstić information content (AvgIpc) is 2.74. The van der Waals surface area contributed by atoms with Crippen LogP contribution in [-0.2, 0) is 10.0 Å². The molecule has 1 N–H and O–H groups in total. The Balaban J connectivity index is 1.73. The molecule has 0 spiro atoms. The van der Waals surface area contributed by atoms with Crippen LogP contribution in [0.3, 0.4) is 0 Å². The number of methoxy groups -OCH3 is 2. The minimum absolute atomic E-state index is 0.0472. The molecule has 3 aromatic rings. The van der Waals surface area contributed by atoms with Crippen molar-refractivity contribution in [2.75, 3.05) is 19.5 Å². The first-order valence-electron chi connectivity index (χ1n) is 8.31. The monoisotopic (exact) mass is 413 g/mol. The Kier molecular flexibility index (Phi) is 5.93. The summed E-state index contributed by atoms with van der Waals surface area (Å²) >= 11 is 0. The van der Waals surface area contributed by atoms with Crippen LogP contribution in [0.5, 0.6) is 11.5 Å². The lowest BCUT2D eigenvalue weighted by atomic mass is 10.2. The second-order valence-electron chi connectivity index (χ2n) is 5.66. The highest BCUT2D eigenvalue weighted by molar-refractivity contribution is 7.94. The summed E-state index contributed by atoms with van der Waals surface area (Å²) in [4.78, 5) is 19.9. The van der Waals surface area contributed by atoms with Crippen LogP contribution in [0.2, 0.25) is 0 Å². The van der Waals surface area contributed by atoms with E-state index in [0.717, 1.165) is 0 Å². The van der Waals surface area contributed by atoms with Gasteiger partial charge in [-0.2, -0.15) is 0 Å². The molecule has 0 saturated carbocycles. The van der Waals surface area contributed by atoms with Gasteiger partial charge in [0.25, 0.3) is 5.91 Å². The van der Waals surface area contributed by atoms with Crippen molar-refractivity contribution in [3.63, 3.8) is 0 Å². The van der Waals surface area contributed by atoms with Gasteiger partial charge in [-0.15, -0.1) is 0 Å². The summed E-state index contributed by atoms with van der Waals surface area (Å²) in [5.74, 6) is 0.387. The van der Waals surface area contributed by atoms with Gasteiger partial charge in [-0.25, -0.2) is 8.42 Å². The predicted molar refractivity (Wildman–Crippen MR) is 106 cm³/mol. The highest BCUT2D eigenvalue weighted by Gasteiger charge is 2.14. The minimum Gasteiger partial charge on any atom is -0.493 e. The quantitative estimate of drug-likeness (QED) is 0.631. The molecule has 10 heteroatoms. The van der Waals surface area contributed by atoms with Crippen molar-refractivity contribution in [3.05, 3.63) is 71.2 Å². The molecule has 0 unspecified atom stereocenters. The van der Waals surface area contributed by atoms with Crippen molar-refractivity contribution >= 4 is 27.6 Å². The molecule has 0 fully saturated rings. The molecule has 0 atom stereocenters. The largest absolute Gasteiger partial charge is 0.493 e. The zero-order valence-electron chi connectivity index (χ0n) is 15.6. The van der Waals surface area contributed by atoms with Gasteiger partial charge in [-0.3, -0.25) is 9.52 Å². The summed E-state index contributed by atoms with van der Waals surface area (Å²) in [6.07, 6.45) is 2.79. The van der Waals surface area contributed by atoms with Crippen LogP contribution >= 0.6 is 0 Å². The smallest absolute Gasteiger partial charge is 0.255 e. The molecule has 1 heterocycles. The number of nitrogens with one attached hydrogen (secondary N) is 1. The van der Waals surface area contributed by atoms with Crippen molar-refractivity contribution in [2.24, 2.45) is 0 Å². The molecule has 9 nitrogen and oxygen atoms in total. The van der Waals surface area contributed by atoms with Gasteiger partial charge in [0.1, 0.15) is 0 Å². The number of hydrogen-bond donors (Lipinski definition) is 1. The first kappa shape index (κ1) is 20.1. The van der Waals surface area contributed by atoms with Gasteiger partial charge >= 0.3 is 0 Å². The van der Waals surface area contributed by atoms with E-state index in [1.54, 1.807) is 24.3 Å². The van der Waals surface area contributed by atoms with Gasteiger partial charge in [0.2, 0.25) is 10.0 Å². The zero-order valence-corrected chi connectivity index (χ0v) is 16.4. The number of hydrogen-bond acceptors (Lipinski definition) is 7. The second-order valence-corrected chi connectivity index (χ2v) is 7.27. The van der Waals surface area contributed by atoms with E-state index in [2.05, 4.69) is 20.0 Å². The maximum Gasteiger partial charge on any atom is 0.255 e. The number of anilines is 1. The molecule has 3 rings (SSSR count). The summed E-state index contributed by atoms with van der Waals surface area (Å²) in [6.45, 7) is 0. The second kappa shape index (κ2) is 8.57. The molecule has 150 valence electrons. The van der Waals surface area contributed by atoms with E-state index in [9.17, 15) is 13.2 Å². The van der Waals surface area contributed by atoms with E-state index in [-0.39, 0.29) is 16.8 Å². The summed E-state index contributed by atoms with van der Waals surface area (Å²) in [6, 6.07) is 11.9. The molecule has 29 heavy (non-hydrogen) atoms. The van der Waals surface area contributed by atoms with Crippen molar-refractivity contribution in [3.8, 4) is 11.5 Å². The molecule has 0 radical (unpaired) electrons. The number of benzene rings is 2. The molecule has 0 saturated heterocycles. The summed E-state index contributed by atoms with van der Waals surface area (Å²) < 4.78 is 38.6. The lowest BCUT2D eigenvalue weighted by Gasteiger charge is -2.13. The molecule has 0 aliphatic rings. The van der Waals surface area contributed by atoms with Gasteiger partial charge in [0.05, 0.1) is 19.1 Å². The van der Waals surface area contributed by atoms with Crippen LogP contribution in [0.4, 0.5) is 11.6 Å². The highest BCUT2D eigenvalue weighted by Crippen LogP contribution is 2.28. The number of sulfonamides is 1. The normalized spacial score (nSPS) is 10.8. The Morgan fingerprint density at radius 2 is 1.62 bits per heavy atom. The highest BCUT2D eigenvalue weighted by atomic mass is 32.2. The fourth-order valence-electron chi connectivity index (χ4n) is 2.39. The van der Waals surface area contributed by atoms with E-state index in [4.69, 9.17) is 9.47 Å². The Morgan fingerprint density at radius 1 is 0.966 bits per heavy atom. The molecule has 1 aromatic heterocycles. The van der Waals surface area contributed by atoms with Crippen molar-refractivity contribution in [1.29, 1.82) is 0 Å². The maximum atomic E-state index is 12.4. The third-order valence-electron chi connectivity index (χ3n) is 3.81. The van der Waals surface area contributed by atoms with E-state index in [1.807, 2.05) is 0 Å². The minimum atomic E-state index is -3.97. The molecule has 0 bridgehead atoms. The number of carbonyl (C=O) groups is 1. The predicted octanol–water partition coefficient (Wildman–Crippen LogP) is 3.14. The number of carbonyl (C=O) groups excluding carboxylic acids is 1. The molecule has 0 aliphatic heterocycles.